The number of carbonyl (C=O) groups excluding carboxylic acids is 4. The number of thiazole rings is 1. The number of unbranched alkanes of at least 4 members (excludes halogenated alkanes) is 5. The number of nitrogens with zero attached hydrogens (tertiary/aromatic N) is 7. The average molecular weight is 1140 g/mol. The van der Waals surface area contributed by atoms with Crippen molar-refractivity contribution >= 4 is 40.7 Å². The van der Waals surface area contributed by atoms with E-state index in [0.29, 0.717) is 76.3 Å². The first-order valence-corrected chi connectivity index (χ1v) is 29.3. The summed E-state index contributed by atoms with van der Waals surface area (Å²) in [7, 11) is 1.88. The maximum absolute atomic E-state index is 14.0. The van der Waals surface area contributed by atoms with E-state index in [9.17, 15) is 24.3 Å². The molecule has 1 unspecified atom stereocenters. The smallest absolute Gasteiger partial charge is 0.251 e. The highest BCUT2D eigenvalue weighted by molar-refractivity contribution is 7.13. The lowest BCUT2D eigenvalue weighted by Crippen LogP contribution is -2.57. The summed E-state index contributed by atoms with van der Waals surface area (Å²) < 4.78 is 25.1. The van der Waals surface area contributed by atoms with Gasteiger partial charge in [0.2, 0.25) is 17.7 Å². The van der Waals surface area contributed by atoms with Crippen LogP contribution in [0, 0.1) is 12.3 Å². The molecule has 7 rings (SSSR count). The Morgan fingerprint density at radius 1 is 0.793 bits per heavy atom. The monoisotopic (exact) mass is 1140 g/mol. The molecule has 0 radical (unpaired) electrons. The number of aliphatic hydroxyl groups is 1. The first-order chi connectivity index (χ1) is 39.6. The van der Waals surface area contributed by atoms with Crippen molar-refractivity contribution in [1.82, 2.24) is 50.6 Å². The van der Waals surface area contributed by atoms with Crippen LogP contribution in [-0.4, -0.2) is 134 Å². The van der Waals surface area contributed by atoms with E-state index in [-0.39, 0.29) is 55.6 Å². The quantitative estimate of drug-likeness (QED) is 0.0244. The number of amides is 4. The standard InChI is InChI=1S/C61H81N11O9S/c1-42(67-58(75)47-17-14-18-48(34-47)63-38-53-69-70-57(71(53)6)51-25-26-62-40-65-51)46-16-15-19-50(35-46)81-29-13-8-7-11-27-78-30-32-80-33-31-79-28-12-9-10-20-54(74)68-56(61(3,4)5)60(77)72-39-49(73)36-52(72)59(76)64-37-44-21-23-45(24-22-44)55-43(2)66-41-82-55/h14-19,21-26,34-35,40-42,49,52,56,63,73H,7-13,20,27-33,36-39H2,1-6H3,(H,64,76)(H,67,75)(H,68,74)/t42?,49-,52+,56-/m1/s1. The predicted octanol–water partition coefficient (Wildman–Crippen LogP) is 8.17. The van der Waals surface area contributed by atoms with Gasteiger partial charge in [-0.25, -0.2) is 15.0 Å². The van der Waals surface area contributed by atoms with Crippen molar-refractivity contribution < 1.29 is 43.2 Å². The third-order valence-electron chi connectivity index (χ3n) is 14.2. The van der Waals surface area contributed by atoms with Crippen LogP contribution < -0.4 is 26.0 Å². The largest absolute Gasteiger partial charge is 0.494 e. The number of hydrogen-bond acceptors (Lipinski definition) is 16. The van der Waals surface area contributed by atoms with Crippen molar-refractivity contribution in [2.45, 2.75) is 130 Å². The van der Waals surface area contributed by atoms with Crippen LogP contribution in [0.5, 0.6) is 5.75 Å². The van der Waals surface area contributed by atoms with E-state index in [0.717, 1.165) is 83.0 Å². The summed E-state index contributed by atoms with van der Waals surface area (Å²) in [4.78, 5) is 68.9. The molecule has 0 bridgehead atoms. The van der Waals surface area contributed by atoms with Gasteiger partial charge in [-0.1, -0.05) is 76.1 Å². The molecule has 0 aliphatic carbocycles. The van der Waals surface area contributed by atoms with Gasteiger partial charge in [-0.3, -0.25) is 19.2 Å². The lowest BCUT2D eigenvalue weighted by atomic mass is 9.85. The van der Waals surface area contributed by atoms with Crippen LogP contribution in [0.3, 0.4) is 0 Å². The maximum atomic E-state index is 14.0. The van der Waals surface area contributed by atoms with Gasteiger partial charge in [-0.05, 0) is 104 Å². The number of likely N-dealkylation sites (tertiary alicyclic amines) is 1. The van der Waals surface area contributed by atoms with E-state index in [1.165, 1.54) is 11.2 Å². The maximum Gasteiger partial charge on any atom is 0.251 e. The fourth-order valence-corrected chi connectivity index (χ4v) is 10.2. The first kappa shape index (κ1) is 62.4. The molecule has 4 amide bonds. The normalized spacial score (nSPS) is 15.0. The minimum absolute atomic E-state index is 0.0210. The number of rotatable bonds is 33. The van der Waals surface area contributed by atoms with Crippen molar-refractivity contribution in [2.75, 3.05) is 58.1 Å². The van der Waals surface area contributed by atoms with Gasteiger partial charge in [0.05, 0.1) is 67.8 Å². The third-order valence-corrected chi connectivity index (χ3v) is 15.1. The molecule has 0 spiro atoms. The molecule has 5 N–H and O–H groups in total. The Kier molecular flexibility index (Phi) is 24.3. The molecule has 3 aromatic carbocycles. The molecule has 6 aromatic rings. The van der Waals surface area contributed by atoms with Crippen LogP contribution in [0.2, 0.25) is 0 Å². The summed E-state index contributed by atoms with van der Waals surface area (Å²) in [5.74, 6) is 0.995. The number of aliphatic hydroxyl groups excluding tert-OH is 1. The fraction of sp³-hybridized carbons (Fsp3) is 0.492. The molecule has 1 aliphatic rings. The number of anilines is 1. The zero-order valence-corrected chi connectivity index (χ0v) is 49.1. The number of benzene rings is 3. The van der Waals surface area contributed by atoms with E-state index in [4.69, 9.17) is 18.9 Å². The minimum atomic E-state index is -0.871. The molecule has 1 fully saturated rings. The molecule has 4 atom stereocenters. The van der Waals surface area contributed by atoms with Gasteiger partial charge in [-0.2, -0.15) is 0 Å². The Hall–Kier alpha value is -7.17. The molecule has 20 nitrogen and oxygen atoms in total. The molecule has 440 valence electrons. The number of carbonyl (C=O) groups is 4. The SMILES string of the molecule is Cc1ncsc1-c1ccc(CNC(=O)[C@@H]2C[C@@H](O)CN2C(=O)[C@@H](NC(=O)CCCCCOCCOCCOCCCCCCOc2cccc(C(C)NC(=O)c3cccc(NCc4nnc(-c5ccncn5)n4C)c3)c2)C(C)(C)C)cc1. The molecule has 0 saturated carbocycles. The highest BCUT2D eigenvalue weighted by Crippen LogP contribution is 2.29. The molecule has 4 heterocycles. The Morgan fingerprint density at radius 3 is 2.20 bits per heavy atom. The summed E-state index contributed by atoms with van der Waals surface area (Å²) in [6.45, 7) is 14.0. The molecular formula is C61H81N11O9S. The Labute approximate surface area is 485 Å². The van der Waals surface area contributed by atoms with Gasteiger partial charge < -0.3 is 54.8 Å². The second-order valence-electron chi connectivity index (χ2n) is 21.7. The molecule has 1 saturated heterocycles. The Balaban J connectivity index is 0.668. The number of aromatic nitrogens is 6. The van der Waals surface area contributed by atoms with Crippen LogP contribution in [0.1, 0.15) is 125 Å². The van der Waals surface area contributed by atoms with Crippen molar-refractivity contribution in [1.29, 1.82) is 0 Å². The first-order valence-electron chi connectivity index (χ1n) is 28.4. The van der Waals surface area contributed by atoms with E-state index in [1.807, 2.05) is 118 Å². The number of ether oxygens (including phenoxy) is 4. The van der Waals surface area contributed by atoms with Crippen LogP contribution >= 0.6 is 11.3 Å². The molecule has 1 aliphatic heterocycles. The predicted molar refractivity (Wildman–Crippen MR) is 315 cm³/mol. The second kappa shape index (κ2) is 31.9. The molecule has 21 heteroatoms. The molecular weight excluding hydrogens is 1060 g/mol. The third kappa shape index (κ3) is 19.2. The van der Waals surface area contributed by atoms with Gasteiger partial charge in [0, 0.05) is 63.6 Å². The number of β-amino-alcohol motifs (C(OH)–C–C–N with tert-alkyl or cyclic N) is 1. The zero-order chi connectivity index (χ0) is 58.3. The molecule has 3 aromatic heterocycles. The van der Waals surface area contributed by atoms with E-state index < -0.39 is 23.6 Å². The van der Waals surface area contributed by atoms with E-state index in [1.54, 1.807) is 29.7 Å². The van der Waals surface area contributed by atoms with Crippen molar-refractivity contribution in [3.05, 3.63) is 125 Å². The second-order valence-corrected chi connectivity index (χ2v) is 22.5. The lowest BCUT2D eigenvalue weighted by Gasteiger charge is -2.35. The van der Waals surface area contributed by atoms with Gasteiger partial charge in [-0.15, -0.1) is 21.5 Å². The zero-order valence-electron chi connectivity index (χ0n) is 48.2. The molecule has 82 heavy (non-hydrogen) atoms. The van der Waals surface area contributed by atoms with Crippen molar-refractivity contribution in [2.24, 2.45) is 12.5 Å². The Bertz CT molecular complexity index is 2950. The number of nitrogens with one attached hydrogen (secondary N) is 4. The highest BCUT2D eigenvalue weighted by Gasteiger charge is 2.44. The van der Waals surface area contributed by atoms with Gasteiger partial charge in [0.15, 0.2) is 11.6 Å². The summed E-state index contributed by atoms with van der Waals surface area (Å²) >= 11 is 1.58. The van der Waals surface area contributed by atoms with Crippen molar-refractivity contribution in [3.63, 3.8) is 0 Å². The lowest BCUT2D eigenvalue weighted by molar-refractivity contribution is -0.144. The number of hydrogen-bond donors (Lipinski definition) is 5. The topological polar surface area (TPSA) is 246 Å². The van der Waals surface area contributed by atoms with Gasteiger partial charge >= 0.3 is 0 Å². The van der Waals surface area contributed by atoms with Crippen LogP contribution in [0.15, 0.2) is 96.9 Å². The minimum Gasteiger partial charge on any atom is -0.494 e. The Morgan fingerprint density at radius 2 is 1.50 bits per heavy atom. The van der Waals surface area contributed by atoms with Crippen LogP contribution in [-0.2, 0) is 48.7 Å². The fourth-order valence-electron chi connectivity index (χ4n) is 9.42. The highest BCUT2D eigenvalue weighted by atomic mass is 32.1. The summed E-state index contributed by atoms with van der Waals surface area (Å²) in [6.07, 6.45) is 8.82. The van der Waals surface area contributed by atoms with Gasteiger partial charge in [0.25, 0.3) is 5.91 Å². The summed E-state index contributed by atoms with van der Waals surface area (Å²) in [6, 6.07) is 22.9. The van der Waals surface area contributed by atoms with E-state index >= 15 is 0 Å². The van der Waals surface area contributed by atoms with Crippen LogP contribution in [0.25, 0.3) is 22.0 Å². The van der Waals surface area contributed by atoms with Crippen LogP contribution in [0.4, 0.5) is 5.69 Å². The average Bonchev–Trinajstić information content (AvgIpc) is 4.36. The summed E-state index contributed by atoms with van der Waals surface area (Å²) in [5.41, 5.74) is 7.08. The van der Waals surface area contributed by atoms with Crippen molar-refractivity contribution in [3.8, 4) is 27.7 Å². The summed E-state index contributed by atoms with van der Waals surface area (Å²) in [5, 5.41) is 31.5. The number of aryl methyl sites for hydroxylation is 1. The van der Waals surface area contributed by atoms with Gasteiger partial charge in [0.1, 0.15) is 29.9 Å². The van der Waals surface area contributed by atoms with E-state index in [2.05, 4.69) is 46.4 Å².